The molecule has 0 aromatic heterocycles. The third-order valence-electron chi connectivity index (χ3n) is 3.43. The summed E-state index contributed by atoms with van der Waals surface area (Å²) < 4.78 is 10.8. The van der Waals surface area contributed by atoms with Crippen molar-refractivity contribution in [1.82, 2.24) is 5.32 Å². The van der Waals surface area contributed by atoms with E-state index in [1.165, 1.54) is 0 Å². The Bertz CT molecular complexity index is 717. The maximum Gasteiger partial charge on any atom is 0.257 e. The smallest absolute Gasteiger partial charge is 0.257 e. The van der Waals surface area contributed by atoms with E-state index >= 15 is 0 Å². The molecule has 2 aromatic rings. The van der Waals surface area contributed by atoms with Crippen molar-refractivity contribution in [2.75, 3.05) is 25.1 Å². The topological polar surface area (TPSA) is 59.6 Å². The number of amides is 1. The minimum atomic E-state index is -0.230. The highest BCUT2D eigenvalue weighted by molar-refractivity contribution is 7.80. The summed E-state index contributed by atoms with van der Waals surface area (Å²) >= 11 is 5.20. The van der Waals surface area contributed by atoms with Gasteiger partial charge in [0.25, 0.3) is 5.91 Å². The van der Waals surface area contributed by atoms with Crippen molar-refractivity contribution in [2.45, 2.75) is 13.8 Å². The molecule has 132 valence electrons. The molecule has 0 bridgehead atoms. The predicted octanol–water partition coefficient (Wildman–Crippen LogP) is 3.54. The average Bonchev–Trinajstić information content (AvgIpc) is 2.60. The first-order valence-corrected chi connectivity index (χ1v) is 8.49. The summed E-state index contributed by atoms with van der Waals surface area (Å²) in [5.74, 6) is 0.520. The quantitative estimate of drug-likeness (QED) is 0.586. The number of rotatable bonds is 7. The van der Waals surface area contributed by atoms with E-state index < -0.39 is 0 Å². The summed E-state index contributed by atoms with van der Waals surface area (Å²) in [5.41, 5.74) is 2.27. The Kier molecular flexibility index (Phi) is 7.37. The van der Waals surface area contributed by atoms with Gasteiger partial charge in [0.1, 0.15) is 12.4 Å². The lowest BCUT2D eigenvalue weighted by Gasteiger charge is -2.11. The highest BCUT2D eigenvalue weighted by atomic mass is 32.1. The molecule has 0 unspecified atom stereocenters. The standard InChI is InChI=1S/C19H22N2O3S/c1-3-23-12-13-24-16-10-8-15(9-11-16)20-19(25)21-18(22)17-7-5-4-6-14(17)2/h4-11H,3,12-13H2,1-2H3,(H2,20,21,22,25). The molecule has 25 heavy (non-hydrogen) atoms. The van der Waals surface area contributed by atoms with Crippen LogP contribution >= 0.6 is 12.2 Å². The minimum Gasteiger partial charge on any atom is -0.491 e. The zero-order chi connectivity index (χ0) is 18.1. The van der Waals surface area contributed by atoms with Gasteiger partial charge in [0.2, 0.25) is 0 Å². The summed E-state index contributed by atoms with van der Waals surface area (Å²) in [4.78, 5) is 12.2. The molecule has 2 aromatic carbocycles. The van der Waals surface area contributed by atoms with Crippen molar-refractivity contribution in [3.63, 3.8) is 0 Å². The molecule has 0 heterocycles. The molecule has 0 radical (unpaired) electrons. The number of carbonyl (C=O) groups is 1. The third kappa shape index (κ3) is 6.17. The van der Waals surface area contributed by atoms with Crippen molar-refractivity contribution in [1.29, 1.82) is 0 Å². The van der Waals surface area contributed by atoms with Crippen LogP contribution in [0.3, 0.4) is 0 Å². The molecule has 0 spiro atoms. The van der Waals surface area contributed by atoms with Gasteiger partial charge in [0, 0.05) is 17.9 Å². The number of ether oxygens (including phenoxy) is 2. The second-order valence-corrected chi connectivity index (χ2v) is 5.70. The molecule has 0 atom stereocenters. The number of benzene rings is 2. The van der Waals surface area contributed by atoms with Crippen LogP contribution < -0.4 is 15.4 Å². The fourth-order valence-corrected chi connectivity index (χ4v) is 2.37. The zero-order valence-corrected chi connectivity index (χ0v) is 15.2. The lowest BCUT2D eigenvalue weighted by molar-refractivity contribution is 0.0977. The van der Waals surface area contributed by atoms with Crippen LogP contribution in [0.4, 0.5) is 5.69 Å². The molecule has 0 saturated carbocycles. The van der Waals surface area contributed by atoms with E-state index in [2.05, 4.69) is 10.6 Å². The molecule has 0 fully saturated rings. The summed E-state index contributed by atoms with van der Waals surface area (Å²) in [5, 5.41) is 5.92. The highest BCUT2D eigenvalue weighted by Gasteiger charge is 2.10. The molecular weight excluding hydrogens is 336 g/mol. The SMILES string of the molecule is CCOCCOc1ccc(NC(=S)NC(=O)c2ccccc2C)cc1. The molecule has 2 N–H and O–H groups in total. The number of carbonyl (C=O) groups excluding carboxylic acids is 1. The summed E-state index contributed by atoms with van der Waals surface area (Å²) in [6.07, 6.45) is 0. The summed E-state index contributed by atoms with van der Waals surface area (Å²) in [6, 6.07) is 14.7. The molecule has 0 saturated heterocycles. The van der Waals surface area contributed by atoms with Gasteiger partial charge >= 0.3 is 0 Å². The van der Waals surface area contributed by atoms with Gasteiger partial charge in [-0.25, -0.2) is 0 Å². The van der Waals surface area contributed by atoms with Crippen LogP contribution in [0.5, 0.6) is 5.75 Å². The normalized spacial score (nSPS) is 10.2. The molecule has 0 aliphatic heterocycles. The first kappa shape index (κ1) is 18.9. The minimum absolute atomic E-state index is 0.230. The Morgan fingerprint density at radius 2 is 1.80 bits per heavy atom. The number of anilines is 1. The van der Waals surface area contributed by atoms with Gasteiger partial charge in [-0.15, -0.1) is 0 Å². The second-order valence-electron chi connectivity index (χ2n) is 5.29. The molecular formula is C19H22N2O3S. The van der Waals surface area contributed by atoms with Gasteiger partial charge in [-0.2, -0.15) is 0 Å². The van der Waals surface area contributed by atoms with E-state index in [0.29, 0.717) is 25.4 Å². The number of aryl methyl sites for hydroxylation is 1. The van der Waals surface area contributed by atoms with Gasteiger partial charge in [-0.05, 0) is 62.0 Å². The van der Waals surface area contributed by atoms with E-state index in [9.17, 15) is 4.79 Å². The molecule has 1 amide bonds. The fourth-order valence-electron chi connectivity index (χ4n) is 2.16. The number of hydrogen-bond acceptors (Lipinski definition) is 4. The van der Waals surface area contributed by atoms with Crippen molar-refractivity contribution in [3.8, 4) is 5.75 Å². The maximum absolute atomic E-state index is 12.2. The van der Waals surface area contributed by atoms with E-state index in [1.54, 1.807) is 6.07 Å². The molecule has 2 rings (SSSR count). The number of thiocarbonyl (C=S) groups is 1. The predicted molar refractivity (Wildman–Crippen MR) is 103 cm³/mol. The van der Waals surface area contributed by atoms with Gasteiger partial charge in [-0.3, -0.25) is 10.1 Å². The molecule has 6 heteroatoms. The van der Waals surface area contributed by atoms with Crippen LogP contribution in [-0.2, 0) is 4.74 Å². The second kappa shape index (κ2) is 9.76. The van der Waals surface area contributed by atoms with Crippen LogP contribution in [0, 0.1) is 6.92 Å². The third-order valence-corrected chi connectivity index (χ3v) is 3.63. The van der Waals surface area contributed by atoms with E-state index in [1.807, 2.05) is 56.3 Å². The van der Waals surface area contributed by atoms with Gasteiger partial charge < -0.3 is 14.8 Å². The van der Waals surface area contributed by atoms with Crippen molar-refractivity contribution in [2.24, 2.45) is 0 Å². The average molecular weight is 358 g/mol. The van der Waals surface area contributed by atoms with Crippen LogP contribution in [0.2, 0.25) is 0 Å². The largest absolute Gasteiger partial charge is 0.491 e. The van der Waals surface area contributed by atoms with Crippen molar-refractivity contribution >= 4 is 28.9 Å². The highest BCUT2D eigenvalue weighted by Crippen LogP contribution is 2.15. The maximum atomic E-state index is 12.2. The Hall–Kier alpha value is -2.44. The Morgan fingerprint density at radius 3 is 2.48 bits per heavy atom. The first-order chi connectivity index (χ1) is 12.1. The first-order valence-electron chi connectivity index (χ1n) is 8.08. The van der Waals surface area contributed by atoms with Gasteiger partial charge in [-0.1, -0.05) is 18.2 Å². The van der Waals surface area contributed by atoms with E-state index in [0.717, 1.165) is 17.0 Å². The Labute approximate surface area is 153 Å². The Morgan fingerprint density at radius 1 is 1.08 bits per heavy atom. The lowest BCUT2D eigenvalue weighted by Crippen LogP contribution is -2.34. The van der Waals surface area contributed by atoms with Gasteiger partial charge in [0.15, 0.2) is 5.11 Å². The van der Waals surface area contributed by atoms with Gasteiger partial charge in [0.05, 0.1) is 6.61 Å². The van der Waals surface area contributed by atoms with E-state index in [-0.39, 0.29) is 11.0 Å². The van der Waals surface area contributed by atoms with Crippen LogP contribution in [0.25, 0.3) is 0 Å². The van der Waals surface area contributed by atoms with Crippen LogP contribution in [-0.4, -0.2) is 30.8 Å². The van der Waals surface area contributed by atoms with Crippen molar-refractivity contribution < 1.29 is 14.3 Å². The molecule has 0 aliphatic carbocycles. The van der Waals surface area contributed by atoms with Crippen LogP contribution in [0.1, 0.15) is 22.8 Å². The van der Waals surface area contributed by atoms with Crippen LogP contribution in [0.15, 0.2) is 48.5 Å². The monoisotopic (exact) mass is 358 g/mol. The summed E-state index contributed by atoms with van der Waals surface area (Å²) in [7, 11) is 0. The van der Waals surface area contributed by atoms with Crippen molar-refractivity contribution in [3.05, 3.63) is 59.7 Å². The Balaban J connectivity index is 1.84. The lowest BCUT2D eigenvalue weighted by atomic mass is 10.1. The number of hydrogen-bond donors (Lipinski definition) is 2. The summed E-state index contributed by atoms with van der Waals surface area (Å²) in [6.45, 7) is 5.58. The number of nitrogens with one attached hydrogen (secondary N) is 2. The molecule has 0 aliphatic rings. The fraction of sp³-hybridized carbons (Fsp3) is 0.263. The van der Waals surface area contributed by atoms with E-state index in [4.69, 9.17) is 21.7 Å². The molecule has 5 nitrogen and oxygen atoms in total. The zero-order valence-electron chi connectivity index (χ0n) is 14.4.